The van der Waals surface area contributed by atoms with Gasteiger partial charge in [0, 0.05) is 22.4 Å². The van der Waals surface area contributed by atoms with Crippen molar-refractivity contribution in [1.29, 1.82) is 0 Å². The summed E-state index contributed by atoms with van der Waals surface area (Å²) in [6.07, 6.45) is 6.70. The van der Waals surface area contributed by atoms with Gasteiger partial charge in [-0.2, -0.15) is 0 Å². The lowest BCUT2D eigenvalue weighted by Gasteiger charge is -2.28. The van der Waals surface area contributed by atoms with Gasteiger partial charge in [-0.15, -0.1) is 0 Å². The number of nitrogens with one attached hydrogen (secondary N) is 1. The first-order valence-corrected chi connectivity index (χ1v) is 22.0. The average molecular weight is 764 g/mol. The van der Waals surface area contributed by atoms with Crippen molar-refractivity contribution < 1.29 is 0 Å². The van der Waals surface area contributed by atoms with Crippen molar-refractivity contribution in [2.24, 2.45) is 0 Å². The number of hydrogen-bond acceptors (Lipinski definition) is 1. The Morgan fingerprint density at radius 3 is 1.57 bits per heavy atom. The van der Waals surface area contributed by atoms with Gasteiger partial charge in [0.1, 0.15) is 0 Å². The summed E-state index contributed by atoms with van der Waals surface area (Å²) >= 11 is 0. The largest absolute Gasteiger partial charge is 0.355 e. The lowest BCUT2D eigenvalue weighted by molar-refractivity contribution is 0.443. The summed E-state index contributed by atoms with van der Waals surface area (Å²) < 4.78 is 0. The molecule has 0 heterocycles. The van der Waals surface area contributed by atoms with Gasteiger partial charge in [-0.3, -0.25) is 0 Å². The minimum Gasteiger partial charge on any atom is -0.355 e. The Balaban J connectivity index is 1.21. The third kappa shape index (κ3) is 7.70. The van der Waals surface area contributed by atoms with Crippen molar-refractivity contribution in [3.05, 3.63) is 155 Å². The predicted molar refractivity (Wildman–Crippen MR) is 252 cm³/mol. The molecule has 1 saturated carbocycles. The summed E-state index contributed by atoms with van der Waals surface area (Å²) in [6, 6.07) is 46.9. The first-order valence-electron chi connectivity index (χ1n) is 22.0. The molecule has 0 aliphatic heterocycles. The standard InChI is InChI=1S/C57H65N/c1-54(2,3)44-31-42(32-45(35-44)55(4,5)6)39-21-23-40(24-22-39)43-33-46(56(7,8)9)36-47(34-43)58-51-30-29-49-48-19-15-16-20-50(48)57(10,11)53(49)52(51)41-27-25-38(26-28-41)37-17-13-12-14-18-37/h15-16,19-37,58H,12-14,17-18H2,1-11H3. The Morgan fingerprint density at radius 1 is 0.483 bits per heavy atom. The average Bonchev–Trinajstić information content (AvgIpc) is 3.43. The van der Waals surface area contributed by atoms with Gasteiger partial charge in [0.25, 0.3) is 0 Å². The Bertz CT molecular complexity index is 2420. The Kier molecular flexibility index (Phi) is 10.1. The quantitative estimate of drug-likeness (QED) is 0.178. The van der Waals surface area contributed by atoms with Crippen molar-refractivity contribution in [2.45, 2.75) is 136 Å². The molecule has 0 aromatic heterocycles. The zero-order valence-electron chi connectivity index (χ0n) is 37.2. The van der Waals surface area contributed by atoms with Crippen molar-refractivity contribution in [3.8, 4) is 44.5 Å². The molecule has 0 saturated heterocycles. The maximum Gasteiger partial charge on any atom is 0.0467 e. The molecule has 0 amide bonds. The molecule has 2 aliphatic carbocycles. The number of fused-ring (bicyclic) bond motifs is 3. The monoisotopic (exact) mass is 764 g/mol. The molecule has 0 spiro atoms. The van der Waals surface area contributed by atoms with E-state index in [2.05, 4.69) is 203 Å². The van der Waals surface area contributed by atoms with Gasteiger partial charge < -0.3 is 5.32 Å². The van der Waals surface area contributed by atoms with E-state index in [0.29, 0.717) is 5.92 Å². The molecule has 1 nitrogen and oxygen atoms in total. The fourth-order valence-corrected chi connectivity index (χ4v) is 9.61. The predicted octanol–water partition coefficient (Wildman–Crippen LogP) is 16.7. The molecule has 6 aromatic carbocycles. The van der Waals surface area contributed by atoms with E-state index in [0.717, 1.165) is 11.4 Å². The summed E-state index contributed by atoms with van der Waals surface area (Å²) in [6.45, 7) is 25.7. The molecular formula is C57H65N. The molecule has 6 aromatic rings. The summed E-state index contributed by atoms with van der Waals surface area (Å²) in [4.78, 5) is 0. The van der Waals surface area contributed by atoms with E-state index in [4.69, 9.17) is 0 Å². The van der Waals surface area contributed by atoms with Crippen LogP contribution in [0.25, 0.3) is 44.5 Å². The van der Waals surface area contributed by atoms with Crippen LogP contribution in [0, 0.1) is 0 Å². The lowest BCUT2D eigenvalue weighted by atomic mass is 9.77. The van der Waals surface area contributed by atoms with E-state index in [9.17, 15) is 0 Å². The van der Waals surface area contributed by atoms with Crippen LogP contribution in [0.5, 0.6) is 0 Å². The maximum atomic E-state index is 4.04. The molecule has 58 heavy (non-hydrogen) atoms. The highest BCUT2D eigenvalue weighted by molar-refractivity contribution is 5.95. The molecule has 298 valence electrons. The van der Waals surface area contributed by atoms with Crippen LogP contribution < -0.4 is 5.32 Å². The number of hydrogen-bond donors (Lipinski definition) is 1. The van der Waals surface area contributed by atoms with Crippen molar-refractivity contribution >= 4 is 11.4 Å². The van der Waals surface area contributed by atoms with Gasteiger partial charge in [-0.25, -0.2) is 0 Å². The SMILES string of the molecule is CC(C)(C)c1cc(Nc2ccc3c(c2-c2ccc(C4CCCCC4)cc2)C(C)(C)c2ccccc2-3)cc(-c2ccc(-c3cc(C(C)(C)C)cc(C(C)(C)C)c3)cc2)c1. The molecular weight excluding hydrogens is 699 g/mol. The third-order valence-electron chi connectivity index (χ3n) is 13.3. The van der Waals surface area contributed by atoms with Gasteiger partial charge in [0.05, 0.1) is 0 Å². The van der Waals surface area contributed by atoms with Crippen molar-refractivity contribution in [1.82, 2.24) is 0 Å². The van der Waals surface area contributed by atoms with Crippen molar-refractivity contribution in [2.75, 3.05) is 5.32 Å². The smallest absolute Gasteiger partial charge is 0.0467 e. The highest BCUT2D eigenvalue weighted by Crippen LogP contribution is 2.54. The summed E-state index contributed by atoms with van der Waals surface area (Å²) in [5.74, 6) is 0.685. The van der Waals surface area contributed by atoms with Crippen LogP contribution in [0.4, 0.5) is 11.4 Å². The maximum absolute atomic E-state index is 4.04. The number of anilines is 2. The molecule has 0 bridgehead atoms. The second kappa shape index (κ2) is 14.7. The van der Waals surface area contributed by atoms with Crippen LogP contribution >= 0.6 is 0 Å². The molecule has 1 fully saturated rings. The second-order valence-corrected chi connectivity index (χ2v) is 21.1. The summed E-state index contributed by atoms with van der Waals surface area (Å²) in [5, 5.41) is 4.04. The van der Waals surface area contributed by atoms with Crippen molar-refractivity contribution in [3.63, 3.8) is 0 Å². The summed E-state index contributed by atoms with van der Waals surface area (Å²) in [5.41, 5.74) is 21.0. The van der Waals surface area contributed by atoms with E-state index >= 15 is 0 Å². The molecule has 1 heteroatoms. The Labute approximate surface area is 350 Å². The topological polar surface area (TPSA) is 12.0 Å². The normalized spacial score (nSPS) is 15.6. The van der Waals surface area contributed by atoms with Gasteiger partial charge in [-0.1, -0.05) is 199 Å². The Hall–Kier alpha value is -4.88. The van der Waals surface area contributed by atoms with Gasteiger partial charge in [0.2, 0.25) is 0 Å². The van der Waals surface area contributed by atoms with Crippen LogP contribution in [0.1, 0.15) is 148 Å². The van der Waals surface area contributed by atoms with E-state index < -0.39 is 0 Å². The fraction of sp³-hybridized carbons (Fsp3) is 0.368. The summed E-state index contributed by atoms with van der Waals surface area (Å²) in [7, 11) is 0. The molecule has 2 aliphatic rings. The van der Waals surface area contributed by atoms with Gasteiger partial charge in [0.15, 0.2) is 0 Å². The number of rotatable bonds is 6. The van der Waals surface area contributed by atoms with E-state index in [1.165, 1.54) is 110 Å². The van der Waals surface area contributed by atoms with E-state index in [-0.39, 0.29) is 21.7 Å². The van der Waals surface area contributed by atoms with E-state index in [1.54, 1.807) is 0 Å². The Morgan fingerprint density at radius 2 is 1.00 bits per heavy atom. The molecule has 0 atom stereocenters. The first kappa shape index (κ1) is 39.9. The molecule has 0 unspecified atom stereocenters. The van der Waals surface area contributed by atoms with Crippen LogP contribution in [0.3, 0.4) is 0 Å². The lowest BCUT2D eigenvalue weighted by Crippen LogP contribution is -2.17. The minimum atomic E-state index is -0.138. The van der Waals surface area contributed by atoms with Crippen LogP contribution in [-0.2, 0) is 21.7 Å². The fourth-order valence-electron chi connectivity index (χ4n) is 9.61. The van der Waals surface area contributed by atoms with E-state index in [1.807, 2.05) is 0 Å². The number of benzene rings is 6. The third-order valence-corrected chi connectivity index (χ3v) is 13.3. The second-order valence-electron chi connectivity index (χ2n) is 21.1. The zero-order valence-corrected chi connectivity index (χ0v) is 37.2. The minimum absolute atomic E-state index is 0.0253. The van der Waals surface area contributed by atoms with Crippen LogP contribution in [-0.4, -0.2) is 0 Å². The van der Waals surface area contributed by atoms with Crippen LogP contribution in [0.15, 0.2) is 121 Å². The highest BCUT2D eigenvalue weighted by Gasteiger charge is 2.38. The van der Waals surface area contributed by atoms with Gasteiger partial charge in [-0.05, 0) is 126 Å². The van der Waals surface area contributed by atoms with Gasteiger partial charge >= 0.3 is 0 Å². The molecule has 0 radical (unpaired) electrons. The highest BCUT2D eigenvalue weighted by atomic mass is 14.9. The van der Waals surface area contributed by atoms with Crippen LogP contribution in [0.2, 0.25) is 0 Å². The first-order chi connectivity index (χ1) is 27.4. The zero-order chi connectivity index (χ0) is 41.2. The molecule has 1 N–H and O–H groups in total. The molecule has 8 rings (SSSR count).